The van der Waals surface area contributed by atoms with E-state index in [-0.39, 0.29) is 0 Å². The van der Waals surface area contributed by atoms with Crippen LogP contribution >= 0.6 is 22.7 Å². The lowest BCUT2D eigenvalue weighted by atomic mass is 10.2. The lowest BCUT2D eigenvalue weighted by molar-refractivity contribution is 0.974. The Hall–Kier alpha value is -2.25. The molecule has 4 aromatic rings. The van der Waals surface area contributed by atoms with Crippen molar-refractivity contribution in [3.63, 3.8) is 0 Å². The van der Waals surface area contributed by atoms with Gasteiger partial charge in [0.15, 0.2) is 5.82 Å². The highest BCUT2D eigenvalue weighted by Crippen LogP contribution is 2.30. The van der Waals surface area contributed by atoms with Gasteiger partial charge in [0.1, 0.15) is 5.01 Å². The molecular formula is C15H13N5S2. The van der Waals surface area contributed by atoms with Gasteiger partial charge in [0.05, 0.1) is 4.88 Å². The Morgan fingerprint density at radius 1 is 1.09 bits per heavy atom. The molecule has 0 aliphatic carbocycles. The first-order chi connectivity index (χ1) is 10.7. The molecule has 110 valence electrons. The Morgan fingerprint density at radius 3 is 2.77 bits per heavy atom. The summed E-state index contributed by atoms with van der Waals surface area (Å²) in [7, 11) is 4.07. The zero-order valence-corrected chi connectivity index (χ0v) is 13.7. The van der Waals surface area contributed by atoms with Crippen LogP contribution in [0.1, 0.15) is 0 Å². The second-order valence-corrected chi connectivity index (χ2v) is 6.95. The molecule has 0 unspecified atom stereocenters. The molecule has 0 saturated carbocycles. The van der Waals surface area contributed by atoms with Crippen molar-refractivity contribution >= 4 is 33.3 Å². The molecule has 5 nitrogen and oxygen atoms in total. The number of anilines is 1. The molecule has 0 atom stereocenters. The molecule has 0 fully saturated rings. The standard InChI is InChI=1S/C15H13N5S2/c1-19(2)11-6-3-5-10(9-11)14-18-20-13(12-7-4-8-21-12)16-17-15(20)22-14/h3-9H,1-2H3. The fraction of sp³-hybridized carbons (Fsp3) is 0.133. The van der Waals surface area contributed by atoms with Crippen molar-refractivity contribution in [2.24, 2.45) is 0 Å². The van der Waals surface area contributed by atoms with Crippen molar-refractivity contribution in [3.8, 4) is 21.3 Å². The number of rotatable bonds is 3. The van der Waals surface area contributed by atoms with Gasteiger partial charge in [-0.25, -0.2) is 0 Å². The van der Waals surface area contributed by atoms with Gasteiger partial charge in [-0.3, -0.25) is 0 Å². The van der Waals surface area contributed by atoms with Gasteiger partial charge in [0.25, 0.3) is 0 Å². The van der Waals surface area contributed by atoms with Crippen LogP contribution < -0.4 is 4.90 Å². The number of thiophene rings is 1. The van der Waals surface area contributed by atoms with Crippen LogP contribution in [0.25, 0.3) is 26.2 Å². The summed E-state index contributed by atoms with van der Waals surface area (Å²) >= 11 is 3.19. The Bertz CT molecular complexity index is 921. The number of hydrogen-bond donors (Lipinski definition) is 0. The Kier molecular flexibility index (Phi) is 3.16. The van der Waals surface area contributed by atoms with Gasteiger partial charge in [-0.1, -0.05) is 29.5 Å². The fourth-order valence-corrected chi connectivity index (χ4v) is 3.74. The molecule has 0 N–H and O–H groups in total. The van der Waals surface area contributed by atoms with Gasteiger partial charge in [-0.05, 0) is 23.6 Å². The van der Waals surface area contributed by atoms with E-state index in [2.05, 4.69) is 33.3 Å². The fourth-order valence-electron chi connectivity index (χ4n) is 2.21. The average Bonchev–Trinajstić information content (AvgIpc) is 3.23. The minimum absolute atomic E-state index is 0.802. The number of aromatic nitrogens is 4. The van der Waals surface area contributed by atoms with Crippen LogP contribution in [-0.2, 0) is 0 Å². The van der Waals surface area contributed by atoms with Gasteiger partial charge < -0.3 is 4.90 Å². The molecule has 0 amide bonds. The number of nitrogens with zero attached hydrogens (tertiary/aromatic N) is 5. The molecule has 4 rings (SSSR count). The van der Waals surface area contributed by atoms with Crippen LogP contribution in [0.2, 0.25) is 0 Å². The average molecular weight is 327 g/mol. The topological polar surface area (TPSA) is 46.3 Å². The molecule has 0 aliphatic rings. The first kappa shape index (κ1) is 13.4. The largest absolute Gasteiger partial charge is 0.378 e. The van der Waals surface area contributed by atoms with Crippen molar-refractivity contribution in [1.29, 1.82) is 0 Å². The summed E-state index contributed by atoms with van der Waals surface area (Å²) < 4.78 is 1.83. The van der Waals surface area contributed by atoms with Crippen LogP contribution in [0, 0.1) is 0 Å². The van der Waals surface area contributed by atoms with Gasteiger partial charge in [0.2, 0.25) is 4.96 Å². The summed E-state index contributed by atoms with van der Waals surface area (Å²) in [6.45, 7) is 0. The SMILES string of the molecule is CN(C)c1cccc(-c2nn3c(-c4cccs4)nnc3s2)c1. The van der Waals surface area contributed by atoms with E-state index in [9.17, 15) is 0 Å². The Labute approximate surface area is 135 Å². The van der Waals surface area contributed by atoms with E-state index in [4.69, 9.17) is 5.10 Å². The molecule has 3 heterocycles. The highest BCUT2D eigenvalue weighted by atomic mass is 32.1. The molecule has 0 aliphatic heterocycles. The van der Waals surface area contributed by atoms with Crippen LogP contribution in [-0.4, -0.2) is 33.9 Å². The number of hydrogen-bond acceptors (Lipinski definition) is 6. The van der Waals surface area contributed by atoms with Gasteiger partial charge in [-0.2, -0.15) is 9.61 Å². The van der Waals surface area contributed by atoms with E-state index < -0.39 is 0 Å². The summed E-state index contributed by atoms with van der Waals surface area (Å²) in [4.78, 5) is 3.97. The molecule has 0 radical (unpaired) electrons. The lowest BCUT2D eigenvalue weighted by Crippen LogP contribution is -2.08. The van der Waals surface area contributed by atoms with Crippen LogP contribution in [0.5, 0.6) is 0 Å². The number of fused-ring (bicyclic) bond motifs is 1. The van der Waals surface area contributed by atoms with Gasteiger partial charge in [0, 0.05) is 25.3 Å². The first-order valence-corrected chi connectivity index (χ1v) is 8.46. The highest BCUT2D eigenvalue weighted by molar-refractivity contribution is 7.19. The maximum atomic E-state index is 4.70. The zero-order valence-electron chi connectivity index (χ0n) is 12.1. The third kappa shape index (κ3) is 2.18. The third-order valence-corrected chi connectivity index (χ3v) is 5.16. The minimum atomic E-state index is 0.802. The van der Waals surface area contributed by atoms with Crippen molar-refractivity contribution in [2.75, 3.05) is 19.0 Å². The molecule has 0 saturated heterocycles. The lowest BCUT2D eigenvalue weighted by Gasteiger charge is -2.12. The molecule has 22 heavy (non-hydrogen) atoms. The van der Waals surface area contributed by atoms with Crippen LogP contribution in [0.15, 0.2) is 41.8 Å². The quantitative estimate of drug-likeness (QED) is 0.576. The third-order valence-electron chi connectivity index (χ3n) is 3.34. The summed E-state index contributed by atoms with van der Waals surface area (Å²) in [6, 6.07) is 12.4. The second kappa shape index (κ2) is 5.19. The van der Waals surface area contributed by atoms with Gasteiger partial charge in [-0.15, -0.1) is 21.5 Å². The molecular weight excluding hydrogens is 314 g/mol. The molecule has 0 spiro atoms. The smallest absolute Gasteiger partial charge is 0.235 e. The Balaban J connectivity index is 1.82. The van der Waals surface area contributed by atoms with Crippen LogP contribution in [0.3, 0.4) is 0 Å². The predicted molar refractivity (Wildman–Crippen MR) is 91.7 cm³/mol. The summed E-state index contributed by atoms with van der Waals surface area (Å²) in [6.07, 6.45) is 0. The summed E-state index contributed by atoms with van der Waals surface area (Å²) in [5.74, 6) is 0.802. The monoisotopic (exact) mass is 327 g/mol. The maximum Gasteiger partial charge on any atom is 0.235 e. The molecule has 3 aromatic heterocycles. The van der Waals surface area contributed by atoms with Crippen LogP contribution in [0.4, 0.5) is 5.69 Å². The van der Waals surface area contributed by atoms with E-state index >= 15 is 0 Å². The first-order valence-electron chi connectivity index (χ1n) is 6.76. The van der Waals surface area contributed by atoms with E-state index in [0.29, 0.717) is 0 Å². The van der Waals surface area contributed by atoms with E-state index in [1.807, 2.05) is 42.2 Å². The Morgan fingerprint density at radius 2 is 2.00 bits per heavy atom. The molecule has 1 aromatic carbocycles. The van der Waals surface area contributed by atoms with Crippen molar-refractivity contribution < 1.29 is 0 Å². The highest BCUT2D eigenvalue weighted by Gasteiger charge is 2.15. The number of benzene rings is 1. The van der Waals surface area contributed by atoms with Crippen molar-refractivity contribution in [1.82, 2.24) is 19.8 Å². The summed E-state index contributed by atoms with van der Waals surface area (Å²) in [5, 5.41) is 16.2. The normalized spacial score (nSPS) is 11.2. The molecule has 0 bridgehead atoms. The van der Waals surface area contributed by atoms with E-state index in [1.54, 1.807) is 22.7 Å². The minimum Gasteiger partial charge on any atom is -0.378 e. The zero-order chi connectivity index (χ0) is 15.1. The summed E-state index contributed by atoms with van der Waals surface area (Å²) in [5.41, 5.74) is 2.25. The van der Waals surface area contributed by atoms with Gasteiger partial charge >= 0.3 is 0 Å². The van der Waals surface area contributed by atoms with E-state index in [1.165, 1.54) is 0 Å². The molecule has 7 heteroatoms. The van der Waals surface area contributed by atoms with Crippen molar-refractivity contribution in [3.05, 3.63) is 41.8 Å². The van der Waals surface area contributed by atoms with Crippen molar-refractivity contribution in [2.45, 2.75) is 0 Å². The predicted octanol–water partition coefficient (Wildman–Crippen LogP) is 3.65. The second-order valence-electron chi connectivity index (χ2n) is 5.05. The maximum absolute atomic E-state index is 4.70. The van der Waals surface area contributed by atoms with E-state index in [0.717, 1.165) is 31.9 Å².